The van der Waals surface area contributed by atoms with E-state index in [1.165, 1.54) is 0 Å². The molecule has 0 bridgehead atoms. The number of fused-ring (bicyclic) bond motifs is 1. The molecule has 0 aliphatic rings. The first-order valence-electron chi connectivity index (χ1n) is 4.14. The van der Waals surface area contributed by atoms with Crippen LogP contribution in [0.3, 0.4) is 0 Å². The molecule has 0 atom stereocenters. The van der Waals surface area contributed by atoms with Crippen molar-refractivity contribution in [3.05, 3.63) is 23.9 Å². The van der Waals surface area contributed by atoms with Crippen LogP contribution in [-0.2, 0) is 13.6 Å². The van der Waals surface area contributed by atoms with Gasteiger partial charge in [-0.05, 0) is 12.1 Å². The zero-order valence-electron chi connectivity index (χ0n) is 7.49. The molecule has 1 heterocycles. The molecule has 1 aromatic carbocycles. The first-order valence-corrected chi connectivity index (χ1v) is 4.14. The van der Waals surface area contributed by atoms with Crippen LogP contribution in [0, 0.1) is 0 Å². The van der Waals surface area contributed by atoms with Gasteiger partial charge in [0.2, 0.25) is 0 Å². The van der Waals surface area contributed by atoms with Crippen molar-refractivity contribution in [1.29, 1.82) is 0 Å². The largest absolute Gasteiger partial charge is 0.398 e. The number of nitrogens with zero attached hydrogens (tertiary/aromatic N) is 2. The summed E-state index contributed by atoms with van der Waals surface area (Å²) in [4.78, 5) is 0. The van der Waals surface area contributed by atoms with Crippen LogP contribution in [0.25, 0.3) is 10.9 Å². The van der Waals surface area contributed by atoms with E-state index in [4.69, 9.17) is 11.5 Å². The molecule has 0 unspecified atom stereocenters. The second-order valence-corrected chi connectivity index (χ2v) is 3.02. The van der Waals surface area contributed by atoms with Crippen molar-refractivity contribution >= 4 is 16.6 Å². The quantitative estimate of drug-likeness (QED) is 0.625. The van der Waals surface area contributed by atoms with E-state index in [1.54, 1.807) is 4.68 Å². The SMILES string of the molecule is Cn1nc(CN)c2c(N)cccc21. The van der Waals surface area contributed by atoms with E-state index in [-0.39, 0.29) is 0 Å². The maximum Gasteiger partial charge on any atom is 0.0859 e. The Morgan fingerprint density at radius 2 is 2.23 bits per heavy atom. The molecule has 2 rings (SSSR count). The Labute approximate surface area is 76.1 Å². The minimum atomic E-state index is 0.422. The molecule has 4 N–H and O–H groups in total. The topological polar surface area (TPSA) is 69.9 Å². The van der Waals surface area contributed by atoms with Gasteiger partial charge in [0, 0.05) is 24.7 Å². The Morgan fingerprint density at radius 1 is 1.46 bits per heavy atom. The summed E-state index contributed by atoms with van der Waals surface area (Å²) in [6, 6.07) is 5.76. The van der Waals surface area contributed by atoms with E-state index >= 15 is 0 Å². The highest BCUT2D eigenvalue weighted by molar-refractivity contribution is 5.92. The van der Waals surface area contributed by atoms with E-state index in [2.05, 4.69) is 5.10 Å². The van der Waals surface area contributed by atoms with Crippen molar-refractivity contribution < 1.29 is 0 Å². The monoisotopic (exact) mass is 176 g/mol. The Hall–Kier alpha value is -1.55. The molecule has 0 saturated heterocycles. The summed E-state index contributed by atoms with van der Waals surface area (Å²) in [5, 5.41) is 5.26. The Morgan fingerprint density at radius 3 is 2.92 bits per heavy atom. The molecule has 4 heteroatoms. The third-order valence-electron chi connectivity index (χ3n) is 2.18. The van der Waals surface area contributed by atoms with Gasteiger partial charge >= 0.3 is 0 Å². The van der Waals surface area contributed by atoms with E-state index in [1.807, 2.05) is 25.2 Å². The normalized spacial score (nSPS) is 10.9. The number of aromatic nitrogens is 2. The lowest BCUT2D eigenvalue weighted by Crippen LogP contribution is -1.99. The molecule has 0 aliphatic heterocycles. The van der Waals surface area contributed by atoms with Crippen molar-refractivity contribution in [1.82, 2.24) is 9.78 Å². The van der Waals surface area contributed by atoms with Crippen molar-refractivity contribution in [3.63, 3.8) is 0 Å². The summed E-state index contributed by atoms with van der Waals surface area (Å²) >= 11 is 0. The van der Waals surface area contributed by atoms with Crippen LogP contribution >= 0.6 is 0 Å². The fourth-order valence-corrected chi connectivity index (χ4v) is 1.57. The number of aryl methyl sites for hydroxylation is 1. The van der Waals surface area contributed by atoms with Crippen LogP contribution in [0.1, 0.15) is 5.69 Å². The van der Waals surface area contributed by atoms with Gasteiger partial charge in [-0.25, -0.2) is 0 Å². The summed E-state index contributed by atoms with van der Waals surface area (Å²) in [7, 11) is 1.89. The summed E-state index contributed by atoms with van der Waals surface area (Å²) in [5.74, 6) is 0. The van der Waals surface area contributed by atoms with Gasteiger partial charge in [0.15, 0.2) is 0 Å². The van der Waals surface area contributed by atoms with Gasteiger partial charge in [-0.1, -0.05) is 6.07 Å². The van der Waals surface area contributed by atoms with Crippen molar-refractivity contribution in [3.8, 4) is 0 Å². The third-order valence-corrected chi connectivity index (χ3v) is 2.18. The molecule has 4 nitrogen and oxygen atoms in total. The predicted octanol–water partition coefficient (Wildman–Crippen LogP) is 0.614. The van der Waals surface area contributed by atoms with Crippen molar-refractivity contribution in [2.45, 2.75) is 6.54 Å². The molecule has 1 aromatic heterocycles. The van der Waals surface area contributed by atoms with Crippen LogP contribution in [-0.4, -0.2) is 9.78 Å². The smallest absolute Gasteiger partial charge is 0.0859 e. The minimum absolute atomic E-state index is 0.422. The predicted molar refractivity (Wildman–Crippen MR) is 53.0 cm³/mol. The molecule has 2 aromatic rings. The van der Waals surface area contributed by atoms with Crippen molar-refractivity contribution in [2.24, 2.45) is 12.8 Å². The van der Waals surface area contributed by atoms with E-state index in [0.717, 1.165) is 22.3 Å². The molecule has 0 radical (unpaired) electrons. The van der Waals surface area contributed by atoms with Gasteiger partial charge in [0.05, 0.1) is 11.2 Å². The lowest BCUT2D eigenvalue weighted by Gasteiger charge is -1.96. The maximum atomic E-state index is 5.84. The Bertz CT molecular complexity index is 444. The molecule has 0 fully saturated rings. The standard InChI is InChI=1S/C9H12N4/c1-13-8-4-2-3-6(11)9(8)7(5-10)12-13/h2-4H,5,10-11H2,1H3. The minimum Gasteiger partial charge on any atom is -0.398 e. The first kappa shape index (κ1) is 8.07. The zero-order chi connectivity index (χ0) is 9.42. The zero-order valence-corrected chi connectivity index (χ0v) is 7.49. The summed E-state index contributed by atoms with van der Waals surface area (Å²) < 4.78 is 1.80. The molecular formula is C9H12N4. The highest BCUT2D eigenvalue weighted by Gasteiger charge is 2.08. The Kier molecular flexibility index (Phi) is 1.70. The van der Waals surface area contributed by atoms with Gasteiger partial charge in [0.25, 0.3) is 0 Å². The van der Waals surface area contributed by atoms with E-state index in [9.17, 15) is 0 Å². The van der Waals surface area contributed by atoms with Gasteiger partial charge < -0.3 is 11.5 Å². The maximum absolute atomic E-state index is 5.84. The fraction of sp³-hybridized carbons (Fsp3) is 0.222. The molecule has 0 amide bonds. The number of nitrogen functional groups attached to an aromatic ring is 1. The number of nitrogens with two attached hydrogens (primary N) is 2. The van der Waals surface area contributed by atoms with Crippen LogP contribution in [0.5, 0.6) is 0 Å². The van der Waals surface area contributed by atoms with Gasteiger partial charge in [-0.15, -0.1) is 0 Å². The van der Waals surface area contributed by atoms with Gasteiger partial charge in [0.1, 0.15) is 0 Å². The highest BCUT2D eigenvalue weighted by Crippen LogP contribution is 2.23. The lowest BCUT2D eigenvalue weighted by atomic mass is 10.2. The first-order chi connectivity index (χ1) is 6.24. The number of hydrogen-bond acceptors (Lipinski definition) is 3. The second kappa shape index (κ2) is 2.74. The lowest BCUT2D eigenvalue weighted by molar-refractivity contribution is 0.766. The Balaban J connectivity index is 2.89. The van der Waals surface area contributed by atoms with E-state index < -0.39 is 0 Å². The third kappa shape index (κ3) is 1.07. The average Bonchev–Trinajstić information content (AvgIpc) is 2.45. The number of hydrogen-bond donors (Lipinski definition) is 2. The van der Waals surface area contributed by atoms with Crippen LogP contribution in [0.2, 0.25) is 0 Å². The summed E-state index contributed by atoms with van der Waals surface area (Å²) in [6.07, 6.45) is 0. The molecular weight excluding hydrogens is 164 g/mol. The van der Waals surface area contributed by atoms with Gasteiger partial charge in [-0.3, -0.25) is 4.68 Å². The summed E-state index contributed by atoms with van der Waals surface area (Å²) in [6.45, 7) is 0.422. The average molecular weight is 176 g/mol. The number of anilines is 1. The number of rotatable bonds is 1. The summed E-state index contributed by atoms with van der Waals surface area (Å²) in [5.41, 5.74) is 14.0. The van der Waals surface area contributed by atoms with E-state index in [0.29, 0.717) is 6.54 Å². The molecule has 68 valence electrons. The fourth-order valence-electron chi connectivity index (χ4n) is 1.57. The van der Waals surface area contributed by atoms with Crippen LogP contribution < -0.4 is 11.5 Å². The molecule has 13 heavy (non-hydrogen) atoms. The van der Waals surface area contributed by atoms with Crippen LogP contribution in [0.4, 0.5) is 5.69 Å². The highest BCUT2D eigenvalue weighted by atomic mass is 15.3. The van der Waals surface area contributed by atoms with Crippen molar-refractivity contribution in [2.75, 3.05) is 5.73 Å². The number of benzene rings is 1. The molecule has 0 saturated carbocycles. The molecule has 0 spiro atoms. The van der Waals surface area contributed by atoms with Crippen LogP contribution in [0.15, 0.2) is 18.2 Å². The second-order valence-electron chi connectivity index (χ2n) is 3.02. The van der Waals surface area contributed by atoms with Gasteiger partial charge in [-0.2, -0.15) is 5.10 Å². The molecule has 0 aliphatic carbocycles.